The van der Waals surface area contributed by atoms with Crippen LogP contribution >= 0.6 is 0 Å². The number of rotatable bonds is 5. The number of hydrogen-bond acceptors (Lipinski definition) is 4. The second-order valence-corrected chi connectivity index (χ2v) is 5.02. The average Bonchev–Trinajstić information content (AvgIpc) is 2.98. The molecule has 1 saturated heterocycles. The van der Waals surface area contributed by atoms with Gasteiger partial charge in [0.2, 0.25) is 0 Å². The molecule has 2 rings (SSSR count). The van der Waals surface area contributed by atoms with Crippen molar-refractivity contribution in [3.63, 3.8) is 0 Å². The van der Waals surface area contributed by atoms with Crippen molar-refractivity contribution in [2.75, 3.05) is 26.7 Å². The van der Waals surface area contributed by atoms with Gasteiger partial charge < -0.3 is 14.2 Å². The number of aromatic nitrogens is 2. The van der Waals surface area contributed by atoms with Gasteiger partial charge in [0.15, 0.2) is 0 Å². The number of carbonyl (C=O) groups is 1. The predicted octanol–water partition coefficient (Wildman–Crippen LogP) is 1.01. The van der Waals surface area contributed by atoms with Crippen LogP contribution in [0.1, 0.15) is 13.3 Å². The minimum atomic E-state index is -0.0698. The number of likely N-dealkylation sites (tertiary alicyclic amines) is 1. The Morgan fingerprint density at radius 3 is 2.94 bits per heavy atom. The van der Waals surface area contributed by atoms with E-state index in [-0.39, 0.29) is 11.9 Å². The summed E-state index contributed by atoms with van der Waals surface area (Å²) in [6.45, 7) is 5.95. The highest BCUT2D eigenvalue weighted by Crippen LogP contribution is 2.24. The summed E-state index contributed by atoms with van der Waals surface area (Å²) in [5.41, 5.74) is 0. The summed E-state index contributed by atoms with van der Waals surface area (Å²) in [5, 5.41) is 0. The van der Waals surface area contributed by atoms with Crippen LogP contribution in [0, 0.1) is 11.8 Å². The van der Waals surface area contributed by atoms with E-state index in [0.29, 0.717) is 5.92 Å². The van der Waals surface area contributed by atoms with E-state index in [4.69, 9.17) is 4.74 Å². The van der Waals surface area contributed by atoms with Crippen LogP contribution < -0.4 is 0 Å². The molecule has 1 aromatic heterocycles. The molecule has 2 atom stereocenters. The molecule has 0 amide bonds. The van der Waals surface area contributed by atoms with Crippen LogP contribution in [0.3, 0.4) is 0 Å². The molecule has 0 aliphatic carbocycles. The van der Waals surface area contributed by atoms with Gasteiger partial charge in [0, 0.05) is 32.0 Å². The number of aryl methyl sites for hydroxylation is 1. The first-order valence-electron chi connectivity index (χ1n) is 6.46. The number of carbonyl (C=O) groups excluding carboxylic acids is 1. The Balaban J connectivity index is 1.73. The van der Waals surface area contributed by atoms with Crippen molar-refractivity contribution in [1.29, 1.82) is 0 Å². The quantitative estimate of drug-likeness (QED) is 0.733. The van der Waals surface area contributed by atoms with Crippen LogP contribution in [0.4, 0.5) is 0 Å². The molecule has 0 radical (unpaired) electrons. The third-order valence-corrected chi connectivity index (χ3v) is 3.64. The Morgan fingerprint density at radius 2 is 2.28 bits per heavy atom. The second-order valence-electron chi connectivity index (χ2n) is 5.02. The Kier molecular flexibility index (Phi) is 4.36. The normalized spacial score (nSPS) is 24.3. The van der Waals surface area contributed by atoms with Gasteiger partial charge in [0.1, 0.15) is 0 Å². The molecule has 0 saturated carbocycles. The average molecular weight is 251 g/mol. The van der Waals surface area contributed by atoms with Crippen LogP contribution in [0.5, 0.6) is 0 Å². The monoisotopic (exact) mass is 251 g/mol. The predicted molar refractivity (Wildman–Crippen MR) is 68.0 cm³/mol. The van der Waals surface area contributed by atoms with Crippen LogP contribution in [0.25, 0.3) is 0 Å². The van der Waals surface area contributed by atoms with E-state index in [9.17, 15) is 4.79 Å². The molecule has 2 heterocycles. The molecule has 0 spiro atoms. The molecule has 5 nitrogen and oxygen atoms in total. The zero-order valence-electron chi connectivity index (χ0n) is 11.1. The SMILES string of the molecule is COC(=O)C1CN(CCCn2ccnc2)CC1C. The summed E-state index contributed by atoms with van der Waals surface area (Å²) in [6, 6.07) is 0. The van der Waals surface area contributed by atoms with E-state index >= 15 is 0 Å². The maximum Gasteiger partial charge on any atom is 0.310 e. The summed E-state index contributed by atoms with van der Waals surface area (Å²) >= 11 is 0. The van der Waals surface area contributed by atoms with E-state index in [0.717, 1.165) is 32.6 Å². The van der Waals surface area contributed by atoms with Gasteiger partial charge in [-0.1, -0.05) is 6.92 Å². The highest BCUT2D eigenvalue weighted by atomic mass is 16.5. The summed E-state index contributed by atoms with van der Waals surface area (Å²) < 4.78 is 6.92. The van der Waals surface area contributed by atoms with Crippen LogP contribution in [-0.2, 0) is 16.1 Å². The Morgan fingerprint density at radius 1 is 1.44 bits per heavy atom. The smallest absolute Gasteiger partial charge is 0.310 e. The minimum Gasteiger partial charge on any atom is -0.469 e. The summed E-state index contributed by atoms with van der Waals surface area (Å²) in [7, 11) is 1.47. The lowest BCUT2D eigenvalue weighted by Gasteiger charge is -2.15. The fourth-order valence-electron chi connectivity index (χ4n) is 2.60. The fourth-order valence-corrected chi connectivity index (χ4v) is 2.60. The van der Waals surface area contributed by atoms with Gasteiger partial charge in [-0.3, -0.25) is 4.79 Å². The molecule has 0 bridgehead atoms. The zero-order chi connectivity index (χ0) is 13.0. The number of ether oxygens (including phenoxy) is 1. The van der Waals surface area contributed by atoms with Gasteiger partial charge in [0.25, 0.3) is 0 Å². The van der Waals surface area contributed by atoms with Crippen molar-refractivity contribution in [3.8, 4) is 0 Å². The summed E-state index contributed by atoms with van der Waals surface area (Å²) in [5.74, 6) is 0.369. The van der Waals surface area contributed by atoms with Crippen LogP contribution in [0.15, 0.2) is 18.7 Å². The van der Waals surface area contributed by atoms with Crippen molar-refractivity contribution in [3.05, 3.63) is 18.7 Å². The molecular weight excluding hydrogens is 230 g/mol. The van der Waals surface area contributed by atoms with Gasteiger partial charge in [-0.25, -0.2) is 4.98 Å². The molecule has 2 unspecified atom stereocenters. The largest absolute Gasteiger partial charge is 0.469 e. The van der Waals surface area contributed by atoms with Crippen LogP contribution in [-0.4, -0.2) is 47.2 Å². The second kappa shape index (κ2) is 6.00. The fraction of sp³-hybridized carbons (Fsp3) is 0.692. The highest BCUT2D eigenvalue weighted by molar-refractivity contribution is 5.73. The maximum atomic E-state index is 11.6. The first kappa shape index (κ1) is 13.1. The Labute approximate surface area is 108 Å². The topological polar surface area (TPSA) is 47.4 Å². The van der Waals surface area contributed by atoms with Gasteiger partial charge in [-0.05, 0) is 18.9 Å². The van der Waals surface area contributed by atoms with Crippen molar-refractivity contribution >= 4 is 5.97 Å². The molecule has 100 valence electrons. The number of nitrogens with zero attached hydrogens (tertiary/aromatic N) is 3. The van der Waals surface area contributed by atoms with E-state index in [1.165, 1.54) is 7.11 Å². The standard InChI is InChI=1S/C13H21N3O2/c1-11-8-16(9-12(11)13(17)18-2)6-3-5-15-7-4-14-10-15/h4,7,10-12H,3,5-6,8-9H2,1-2H3. The molecule has 5 heteroatoms. The lowest BCUT2D eigenvalue weighted by molar-refractivity contribution is -0.146. The maximum absolute atomic E-state index is 11.6. The Bertz CT molecular complexity index is 378. The van der Waals surface area contributed by atoms with Crippen molar-refractivity contribution in [1.82, 2.24) is 14.5 Å². The van der Waals surface area contributed by atoms with E-state index in [1.807, 2.05) is 12.5 Å². The minimum absolute atomic E-state index is 0.0447. The van der Waals surface area contributed by atoms with Crippen molar-refractivity contribution in [2.45, 2.75) is 19.9 Å². The third-order valence-electron chi connectivity index (χ3n) is 3.64. The molecule has 0 N–H and O–H groups in total. The number of hydrogen-bond donors (Lipinski definition) is 0. The van der Waals surface area contributed by atoms with Gasteiger partial charge in [0.05, 0.1) is 19.4 Å². The number of esters is 1. The van der Waals surface area contributed by atoms with E-state index in [1.54, 1.807) is 6.20 Å². The molecule has 1 aliphatic heterocycles. The van der Waals surface area contributed by atoms with Crippen molar-refractivity contribution in [2.24, 2.45) is 11.8 Å². The molecular formula is C13H21N3O2. The third kappa shape index (κ3) is 3.10. The zero-order valence-corrected chi connectivity index (χ0v) is 11.1. The first-order chi connectivity index (χ1) is 8.70. The van der Waals surface area contributed by atoms with Crippen molar-refractivity contribution < 1.29 is 9.53 Å². The molecule has 1 fully saturated rings. The molecule has 1 aliphatic rings. The van der Waals surface area contributed by atoms with E-state index < -0.39 is 0 Å². The lowest BCUT2D eigenvalue weighted by atomic mass is 9.99. The van der Waals surface area contributed by atoms with Gasteiger partial charge in [-0.15, -0.1) is 0 Å². The molecule has 0 aromatic carbocycles. The first-order valence-corrected chi connectivity index (χ1v) is 6.46. The number of imidazole rings is 1. The van der Waals surface area contributed by atoms with E-state index in [2.05, 4.69) is 21.4 Å². The lowest BCUT2D eigenvalue weighted by Crippen LogP contribution is -2.25. The summed E-state index contributed by atoms with van der Waals surface area (Å²) in [6.07, 6.45) is 6.69. The molecule has 18 heavy (non-hydrogen) atoms. The van der Waals surface area contributed by atoms with Crippen LogP contribution in [0.2, 0.25) is 0 Å². The van der Waals surface area contributed by atoms with Gasteiger partial charge >= 0.3 is 5.97 Å². The van der Waals surface area contributed by atoms with Gasteiger partial charge in [-0.2, -0.15) is 0 Å². The number of methoxy groups -OCH3 is 1. The highest BCUT2D eigenvalue weighted by Gasteiger charge is 2.34. The molecule has 1 aromatic rings. The Hall–Kier alpha value is -1.36. The summed E-state index contributed by atoms with van der Waals surface area (Å²) in [4.78, 5) is 17.9.